The predicted molar refractivity (Wildman–Crippen MR) is 64.0 cm³/mol. The number of aliphatic hydroxyl groups excluding tert-OH is 1. The van der Waals surface area contributed by atoms with Crippen molar-refractivity contribution in [3.05, 3.63) is 11.4 Å². The lowest BCUT2D eigenvalue weighted by atomic mass is 10.2. The van der Waals surface area contributed by atoms with Gasteiger partial charge in [-0.1, -0.05) is 0 Å². The van der Waals surface area contributed by atoms with E-state index >= 15 is 0 Å². The molecular weight excluding hydrogens is 277 g/mol. The molecule has 0 aromatic carbocycles. The number of nitrogens with zero attached hydrogens (tertiary/aromatic N) is 2. The Labute approximate surface area is 112 Å². The number of aromatic amines is 1. The Morgan fingerprint density at radius 1 is 1.50 bits per heavy atom. The van der Waals surface area contributed by atoms with Crippen LogP contribution in [0.25, 0.3) is 0 Å². The van der Waals surface area contributed by atoms with Crippen molar-refractivity contribution in [3.8, 4) is 0 Å². The summed E-state index contributed by atoms with van der Waals surface area (Å²) in [5.41, 5.74) is 6.24. The molecule has 1 heterocycles. The number of rotatable bonds is 5. The van der Waals surface area contributed by atoms with Crippen molar-refractivity contribution in [2.45, 2.75) is 24.9 Å². The Morgan fingerprint density at radius 2 is 2.15 bits per heavy atom. The summed E-state index contributed by atoms with van der Waals surface area (Å²) in [5.74, 6) is -0.727. The third kappa shape index (κ3) is 3.21. The molecule has 4 N–H and O–H groups in total. The van der Waals surface area contributed by atoms with Gasteiger partial charge in [0.25, 0.3) is 5.91 Å². The molecule has 0 unspecified atom stereocenters. The van der Waals surface area contributed by atoms with E-state index in [0.29, 0.717) is 10.6 Å². The largest absolute Gasteiger partial charge is 0.406 e. The maximum absolute atomic E-state index is 12.4. The second kappa shape index (κ2) is 5.31. The van der Waals surface area contributed by atoms with Crippen molar-refractivity contribution in [2.24, 2.45) is 0 Å². The number of H-pyrrole nitrogens is 1. The smallest absolute Gasteiger partial charge is 0.395 e. The summed E-state index contributed by atoms with van der Waals surface area (Å²) in [6, 6.07) is 0. The first-order valence-electron chi connectivity index (χ1n) is 6.14. The first-order valence-corrected chi connectivity index (χ1v) is 6.14. The van der Waals surface area contributed by atoms with Crippen molar-refractivity contribution in [1.29, 1.82) is 0 Å². The number of halogens is 3. The lowest BCUT2D eigenvalue weighted by Gasteiger charge is -2.22. The molecule has 0 aliphatic heterocycles. The summed E-state index contributed by atoms with van der Waals surface area (Å²) < 4.78 is 37.2. The molecule has 1 aliphatic carbocycles. The van der Waals surface area contributed by atoms with Gasteiger partial charge in [-0.15, -0.1) is 0 Å². The van der Waals surface area contributed by atoms with Crippen LogP contribution in [0.1, 0.15) is 34.9 Å². The molecule has 2 rings (SSSR count). The zero-order valence-corrected chi connectivity index (χ0v) is 10.6. The van der Waals surface area contributed by atoms with Gasteiger partial charge in [-0.2, -0.15) is 18.3 Å². The van der Waals surface area contributed by atoms with E-state index in [2.05, 4.69) is 10.2 Å². The van der Waals surface area contributed by atoms with Gasteiger partial charge < -0.3 is 15.7 Å². The first kappa shape index (κ1) is 14.6. The average molecular weight is 292 g/mol. The second-order valence-corrected chi connectivity index (χ2v) is 4.74. The lowest BCUT2D eigenvalue weighted by Crippen LogP contribution is -2.41. The van der Waals surface area contributed by atoms with Gasteiger partial charge in [-0.05, 0) is 12.8 Å². The van der Waals surface area contributed by atoms with Gasteiger partial charge in [0.2, 0.25) is 0 Å². The Bertz CT molecular complexity index is 496. The number of nitrogen functional groups attached to an aromatic ring is 1. The minimum Gasteiger partial charge on any atom is -0.395 e. The fourth-order valence-corrected chi connectivity index (χ4v) is 1.95. The van der Waals surface area contributed by atoms with Crippen LogP contribution in [-0.2, 0) is 0 Å². The van der Waals surface area contributed by atoms with Crippen LogP contribution in [0.4, 0.5) is 18.9 Å². The lowest BCUT2D eigenvalue weighted by molar-refractivity contribution is -0.141. The zero-order chi connectivity index (χ0) is 14.9. The number of amides is 1. The molecule has 0 saturated heterocycles. The van der Waals surface area contributed by atoms with Crippen molar-refractivity contribution in [2.75, 3.05) is 25.4 Å². The van der Waals surface area contributed by atoms with E-state index in [4.69, 9.17) is 10.8 Å². The molecule has 0 atom stereocenters. The molecule has 1 aliphatic rings. The number of nitrogens with one attached hydrogen (secondary N) is 1. The SMILES string of the molecule is Nc1c(C(=O)N(CCO)CC(F)(F)F)n[nH]c1C1CC1. The van der Waals surface area contributed by atoms with Gasteiger partial charge in [-0.3, -0.25) is 9.89 Å². The highest BCUT2D eigenvalue weighted by atomic mass is 19.4. The summed E-state index contributed by atoms with van der Waals surface area (Å²) in [6.07, 6.45) is -2.71. The highest BCUT2D eigenvalue weighted by Gasteiger charge is 2.36. The van der Waals surface area contributed by atoms with E-state index in [1.54, 1.807) is 0 Å². The molecule has 112 valence electrons. The van der Waals surface area contributed by atoms with Crippen LogP contribution in [0.5, 0.6) is 0 Å². The van der Waals surface area contributed by atoms with Crippen LogP contribution < -0.4 is 5.73 Å². The summed E-state index contributed by atoms with van der Waals surface area (Å²) in [5, 5.41) is 15.1. The van der Waals surface area contributed by atoms with E-state index in [1.807, 2.05) is 0 Å². The van der Waals surface area contributed by atoms with Crippen molar-refractivity contribution in [3.63, 3.8) is 0 Å². The number of aliphatic hydroxyl groups is 1. The highest BCUT2D eigenvalue weighted by molar-refractivity contribution is 5.97. The summed E-state index contributed by atoms with van der Waals surface area (Å²) >= 11 is 0. The topological polar surface area (TPSA) is 95.2 Å². The van der Waals surface area contributed by atoms with Crippen LogP contribution in [0.3, 0.4) is 0 Å². The molecule has 9 heteroatoms. The molecule has 20 heavy (non-hydrogen) atoms. The van der Waals surface area contributed by atoms with E-state index in [9.17, 15) is 18.0 Å². The van der Waals surface area contributed by atoms with Gasteiger partial charge in [0.1, 0.15) is 6.54 Å². The molecule has 0 bridgehead atoms. The van der Waals surface area contributed by atoms with E-state index in [-0.39, 0.29) is 17.3 Å². The third-order valence-corrected chi connectivity index (χ3v) is 3.05. The van der Waals surface area contributed by atoms with Crippen LogP contribution in [0, 0.1) is 0 Å². The number of nitrogens with two attached hydrogens (primary N) is 1. The normalized spacial score (nSPS) is 15.4. The van der Waals surface area contributed by atoms with Crippen LogP contribution in [0.2, 0.25) is 0 Å². The Kier molecular flexibility index (Phi) is 3.89. The zero-order valence-electron chi connectivity index (χ0n) is 10.6. The minimum atomic E-state index is -4.55. The van der Waals surface area contributed by atoms with Crippen LogP contribution in [0.15, 0.2) is 0 Å². The van der Waals surface area contributed by atoms with E-state index < -0.39 is 31.8 Å². The summed E-state index contributed by atoms with van der Waals surface area (Å²) in [4.78, 5) is 12.5. The standard InChI is InChI=1S/C11H15F3N4O2/c12-11(13,14)5-18(3-4-19)10(20)9-7(15)8(16-17-9)6-1-2-6/h6,19H,1-5,15H2,(H,16,17). The molecule has 1 saturated carbocycles. The van der Waals surface area contributed by atoms with E-state index in [0.717, 1.165) is 12.8 Å². The summed E-state index contributed by atoms with van der Waals surface area (Å²) in [6.45, 7) is -2.44. The van der Waals surface area contributed by atoms with Gasteiger partial charge in [0, 0.05) is 12.5 Å². The van der Waals surface area contributed by atoms with Gasteiger partial charge in [0.15, 0.2) is 5.69 Å². The van der Waals surface area contributed by atoms with Crippen LogP contribution >= 0.6 is 0 Å². The van der Waals surface area contributed by atoms with Gasteiger partial charge in [0.05, 0.1) is 18.0 Å². The van der Waals surface area contributed by atoms with Crippen LogP contribution in [-0.4, -0.2) is 52.0 Å². The number of carbonyl (C=O) groups excluding carboxylic acids is 1. The molecule has 1 fully saturated rings. The fourth-order valence-electron chi connectivity index (χ4n) is 1.95. The molecule has 1 aromatic rings. The monoisotopic (exact) mass is 292 g/mol. The van der Waals surface area contributed by atoms with Gasteiger partial charge >= 0.3 is 6.18 Å². The quantitative estimate of drug-likeness (QED) is 0.750. The molecule has 1 amide bonds. The number of aromatic nitrogens is 2. The number of hydrogen-bond donors (Lipinski definition) is 3. The number of anilines is 1. The number of alkyl halides is 3. The molecule has 0 spiro atoms. The molecule has 0 radical (unpaired) electrons. The average Bonchev–Trinajstić information content (AvgIpc) is 3.10. The number of carbonyl (C=O) groups is 1. The predicted octanol–water partition coefficient (Wildman–Crippen LogP) is 0.866. The van der Waals surface area contributed by atoms with Gasteiger partial charge in [-0.25, -0.2) is 0 Å². The number of hydrogen-bond acceptors (Lipinski definition) is 4. The maximum Gasteiger partial charge on any atom is 0.406 e. The Hall–Kier alpha value is -1.77. The third-order valence-electron chi connectivity index (χ3n) is 3.05. The first-order chi connectivity index (χ1) is 9.33. The molecule has 1 aromatic heterocycles. The maximum atomic E-state index is 12.4. The summed E-state index contributed by atoms with van der Waals surface area (Å²) in [7, 11) is 0. The fraction of sp³-hybridized carbons (Fsp3) is 0.636. The molecule has 6 nitrogen and oxygen atoms in total. The minimum absolute atomic E-state index is 0.0996. The van der Waals surface area contributed by atoms with Crippen molar-refractivity contribution in [1.82, 2.24) is 15.1 Å². The Morgan fingerprint density at radius 3 is 2.65 bits per heavy atom. The highest BCUT2D eigenvalue weighted by Crippen LogP contribution is 2.42. The van der Waals surface area contributed by atoms with Crippen molar-refractivity contribution < 1.29 is 23.1 Å². The molecular formula is C11H15F3N4O2. The Balaban J connectivity index is 2.18. The second-order valence-electron chi connectivity index (χ2n) is 4.74. The van der Waals surface area contributed by atoms with Crippen molar-refractivity contribution >= 4 is 11.6 Å². The van der Waals surface area contributed by atoms with E-state index in [1.165, 1.54) is 0 Å².